The second kappa shape index (κ2) is 11.3. The summed E-state index contributed by atoms with van der Waals surface area (Å²) in [4.78, 5) is 15.9. The molecule has 11 rings (SSSR count). The van der Waals surface area contributed by atoms with Gasteiger partial charge in [-0.25, -0.2) is 15.0 Å². The van der Waals surface area contributed by atoms with Gasteiger partial charge in [-0.2, -0.15) is 0 Å². The molecular weight excluding hydrogens is 667 g/mol. The average Bonchev–Trinajstić information content (AvgIpc) is 3.66. The fourth-order valence-electron chi connectivity index (χ4n) is 10.3. The molecule has 3 aliphatic carbocycles. The number of hydrogen-bond acceptors (Lipinski definition) is 3. The van der Waals surface area contributed by atoms with Gasteiger partial charge in [-0.15, -0.1) is 0 Å². The van der Waals surface area contributed by atoms with Gasteiger partial charge >= 0.3 is 0 Å². The third-order valence-corrected chi connectivity index (χ3v) is 12.8. The summed E-state index contributed by atoms with van der Waals surface area (Å²) in [5.41, 5.74) is 17.8. The number of fused-ring (bicyclic) bond motifs is 12. The molecule has 3 aliphatic rings. The predicted molar refractivity (Wildman–Crippen MR) is 223 cm³/mol. The Labute approximate surface area is 322 Å². The van der Waals surface area contributed by atoms with E-state index >= 15 is 0 Å². The molecule has 0 fully saturated rings. The molecule has 3 heteroatoms. The minimum Gasteiger partial charge on any atom is -0.208 e. The molecule has 262 valence electrons. The highest BCUT2D eigenvalue weighted by atomic mass is 15.0. The molecule has 0 bridgehead atoms. The first-order chi connectivity index (χ1) is 26.8. The fourth-order valence-corrected chi connectivity index (χ4v) is 10.3. The van der Waals surface area contributed by atoms with Crippen molar-refractivity contribution in [2.75, 3.05) is 0 Å². The Morgan fingerprint density at radius 2 is 0.782 bits per heavy atom. The van der Waals surface area contributed by atoms with Gasteiger partial charge in [0.25, 0.3) is 0 Å². The van der Waals surface area contributed by atoms with Gasteiger partial charge in [-0.1, -0.05) is 185 Å². The van der Waals surface area contributed by atoms with Crippen LogP contribution in [0.25, 0.3) is 56.4 Å². The summed E-state index contributed by atoms with van der Waals surface area (Å²) in [5, 5.41) is 0. The van der Waals surface area contributed by atoms with Crippen molar-refractivity contribution in [3.05, 3.63) is 208 Å². The summed E-state index contributed by atoms with van der Waals surface area (Å²) in [5.74, 6) is 2.01. The van der Waals surface area contributed by atoms with E-state index in [2.05, 4.69) is 173 Å². The van der Waals surface area contributed by atoms with E-state index in [4.69, 9.17) is 15.0 Å². The van der Waals surface area contributed by atoms with Crippen molar-refractivity contribution >= 4 is 0 Å². The molecule has 55 heavy (non-hydrogen) atoms. The number of nitrogens with zero attached hydrogens (tertiary/aromatic N) is 3. The Hall–Kier alpha value is -6.45. The van der Waals surface area contributed by atoms with Crippen molar-refractivity contribution in [3.8, 4) is 56.4 Å². The van der Waals surface area contributed by atoms with Crippen LogP contribution in [0.1, 0.15) is 72.2 Å². The second-order valence-corrected chi connectivity index (χ2v) is 16.3. The van der Waals surface area contributed by atoms with Crippen molar-refractivity contribution in [1.29, 1.82) is 0 Å². The summed E-state index contributed by atoms with van der Waals surface area (Å²) in [6.07, 6.45) is 0. The van der Waals surface area contributed by atoms with Crippen LogP contribution in [-0.2, 0) is 16.2 Å². The Bertz CT molecular complexity index is 2830. The summed E-state index contributed by atoms with van der Waals surface area (Å²) < 4.78 is 0. The standard InChI is InChI=1S/C52H39N3/c1-50(2)38-22-10-8-19-34(38)35-30-29-33(31-45(35)50)48-53-47(32-17-6-5-7-18-32)54-49(55-48)37-21-16-28-44-46(37)36-20-9-11-23-39(36)52(44)42-26-14-12-24-40(42)51(3,4)41-25-13-15-27-43(41)52/h5-31H,1-4H3. The monoisotopic (exact) mass is 705 g/mol. The molecule has 0 N–H and O–H groups in total. The largest absolute Gasteiger partial charge is 0.208 e. The van der Waals surface area contributed by atoms with E-state index in [0.29, 0.717) is 17.5 Å². The maximum atomic E-state index is 5.40. The average molecular weight is 706 g/mol. The molecule has 1 spiro atoms. The van der Waals surface area contributed by atoms with Crippen molar-refractivity contribution in [2.24, 2.45) is 0 Å². The Morgan fingerprint density at radius 1 is 0.309 bits per heavy atom. The van der Waals surface area contributed by atoms with Gasteiger partial charge in [0.15, 0.2) is 17.5 Å². The fraction of sp³-hybridized carbons (Fsp3) is 0.135. The van der Waals surface area contributed by atoms with Gasteiger partial charge in [0.1, 0.15) is 0 Å². The van der Waals surface area contributed by atoms with E-state index in [0.717, 1.165) is 16.7 Å². The van der Waals surface area contributed by atoms with Crippen molar-refractivity contribution < 1.29 is 0 Å². The maximum absolute atomic E-state index is 5.40. The zero-order valence-electron chi connectivity index (χ0n) is 31.4. The number of aromatic nitrogens is 3. The molecule has 7 aromatic carbocycles. The van der Waals surface area contributed by atoms with Gasteiger partial charge in [0.05, 0.1) is 5.41 Å². The SMILES string of the molecule is CC1(C)c2ccccc2-c2ccc(-c3nc(-c4ccccc4)nc(-c4cccc5c4-c4ccccc4C54c5ccccc5C(C)(C)c5ccccc54)n3)cc21. The van der Waals surface area contributed by atoms with Crippen molar-refractivity contribution in [3.63, 3.8) is 0 Å². The Kier molecular flexibility index (Phi) is 6.57. The third-order valence-electron chi connectivity index (χ3n) is 12.8. The minimum atomic E-state index is -0.497. The van der Waals surface area contributed by atoms with Gasteiger partial charge in [0, 0.05) is 27.5 Å². The zero-order chi connectivity index (χ0) is 37.1. The highest BCUT2D eigenvalue weighted by Crippen LogP contribution is 2.63. The topological polar surface area (TPSA) is 38.7 Å². The number of hydrogen-bond donors (Lipinski definition) is 0. The van der Waals surface area contributed by atoms with Crippen LogP contribution in [0.5, 0.6) is 0 Å². The smallest absolute Gasteiger partial charge is 0.164 e. The van der Waals surface area contributed by atoms with Crippen LogP contribution in [0.15, 0.2) is 164 Å². The third kappa shape index (κ3) is 4.24. The summed E-state index contributed by atoms with van der Waals surface area (Å²) in [6, 6.07) is 59.7. The van der Waals surface area contributed by atoms with E-state index in [1.54, 1.807) is 0 Å². The number of rotatable bonds is 3. The molecule has 0 radical (unpaired) electrons. The lowest BCUT2D eigenvalue weighted by Crippen LogP contribution is -2.40. The minimum absolute atomic E-state index is 0.139. The summed E-state index contributed by atoms with van der Waals surface area (Å²) in [6.45, 7) is 9.37. The van der Waals surface area contributed by atoms with Gasteiger partial charge < -0.3 is 0 Å². The lowest BCUT2D eigenvalue weighted by Gasteiger charge is -2.46. The first-order valence-electron chi connectivity index (χ1n) is 19.3. The molecule has 0 aliphatic heterocycles. The Morgan fingerprint density at radius 3 is 1.47 bits per heavy atom. The van der Waals surface area contributed by atoms with E-state index < -0.39 is 5.41 Å². The quantitative estimate of drug-likeness (QED) is 0.184. The first-order valence-corrected chi connectivity index (χ1v) is 19.3. The lowest BCUT2D eigenvalue weighted by molar-refractivity contribution is 0.563. The molecule has 0 saturated carbocycles. The van der Waals surface area contributed by atoms with Crippen LogP contribution in [0.3, 0.4) is 0 Å². The van der Waals surface area contributed by atoms with E-state index in [1.807, 2.05) is 18.2 Å². The van der Waals surface area contributed by atoms with Crippen LogP contribution in [0, 0.1) is 0 Å². The molecule has 0 amide bonds. The van der Waals surface area contributed by atoms with Crippen LogP contribution in [-0.4, -0.2) is 15.0 Å². The molecular formula is C52H39N3. The summed E-state index contributed by atoms with van der Waals surface area (Å²) >= 11 is 0. The predicted octanol–water partition coefficient (Wildman–Crippen LogP) is 12.2. The molecule has 1 heterocycles. The van der Waals surface area contributed by atoms with E-state index in [-0.39, 0.29) is 10.8 Å². The van der Waals surface area contributed by atoms with Gasteiger partial charge in [-0.05, 0) is 72.8 Å². The van der Waals surface area contributed by atoms with Crippen molar-refractivity contribution in [1.82, 2.24) is 15.0 Å². The molecule has 8 aromatic rings. The van der Waals surface area contributed by atoms with Crippen molar-refractivity contribution in [2.45, 2.75) is 43.9 Å². The first kappa shape index (κ1) is 32.0. The van der Waals surface area contributed by atoms with E-state index in [9.17, 15) is 0 Å². The molecule has 3 nitrogen and oxygen atoms in total. The number of benzene rings is 7. The zero-order valence-corrected chi connectivity index (χ0v) is 31.4. The molecule has 1 aromatic heterocycles. The van der Waals surface area contributed by atoms with Gasteiger partial charge in [-0.3, -0.25) is 0 Å². The van der Waals surface area contributed by atoms with Crippen LogP contribution >= 0.6 is 0 Å². The second-order valence-electron chi connectivity index (χ2n) is 16.3. The van der Waals surface area contributed by atoms with Crippen LogP contribution in [0.2, 0.25) is 0 Å². The van der Waals surface area contributed by atoms with Crippen LogP contribution < -0.4 is 0 Å². The van der Waals surface area contributed by atoms with Crippen LogP contribution in [0.4, 0.5) is 0 Å². The summed E-state index contributed by atoms with van der Waals surface area (Å²) in [7, 11) is 0. The highest BCUT2D eigenvalue weighted by Gasteiger charge is 2.53. The molecule has 0 unspecified atom stereocenters. The molecule has 0 saturated heterocycles. The molecule has 0 atom stereocenters. The normalized spacial score (nSPS) is 15.7. The van der Waals surface area contributed by atoms with Gasteiger partial charge in [0.2, 0.25) is 0 Å². The highest BCUT2D eigenvalue weighted by molar-refractivity contribution is 5.95. The lowest BCUT2D eigenvalue weighted by atomic mass is 9.55. The maximum Gasteiger partial charge on any atom is 0.164 e. The van der Waals surface area contributed by atoms with E-state index in [1.165, 1.54) is 66.8 Å². The Balaban J connectivity index is 1.18.